The molecule has 1 aliphatic rings. The average molecular weight is 192 g/mol. The standard InChI is InChI=1S/C13H17F/c1-2-3-7-13(8-9-13)11-5-4-6-12(14)10-11/h4-6,10H,2-3,7-9H2,1H3. The molecule has 1 aromatic carbocycles. The second-order valence-electron chi connectivity index (χ2n) is 4.39. The Bertz CT molecular complexity index is 313. The molecule has 0 atom stereocenters. The number of hydrogen-bond acceptors (Lipinski definition) is 0. The molecule has 0 heterocycles. The van der Waals surface area contributed by atoms with Gasteiger partial charge in [-0.25, -0.2) is 4.39 Å². The van der Waals surface area contributed by atoms with E-state index < -0.39 is 0 Å². The summed E-state index contributed by atoms with van der Waals surface area (Å²) in [7, 11) is 0. The lowest BCUT2D eigenvalue weighted by Crippen LogP contribution is -2.06. The van der Waals surface area contributed by atoms with Gasteiger partial charge in [-0.1, -0.05) is 31.9 Å². The van der Waals surface area contributed by atoms with Crippen LogP contribution in [-0.2, 0) is 5.41 Å². The molecule has 1 aromatic rings. The molecular weight excluding hydrogens is 175 g/mol. The Kier molecular flexibility index (Phi) is 2.58. The highest BCUT2D eigenvalue weighted by atomic mass is 19.1. The number of halogens is 1. The van der Waals surface area contributed by atoms with Gasteiger partial charge in [-0.3, -0.25) is 0 Å². The Morgan fingerprint density at radius 3 is 2.71 bits per heavy atom. The predicted molar refractivity (Wildman–Crippen MR) is 56.8 cm³/mol. The fraction of sp³-hybridized carbons (Fsp3) is 0.538. The fourth-order valence-corrected chi connectivity index (χ4v) is 2.17. The molecule has 0 nitrogen and oxygen atoms in total. The van der Waals surface area contributed by atoms with Gasteiger partial charge in [0.05, 0.1) is 0 Å². The molecule has 1 heteroatoms. The van der Waals surface area contributed by atoms with Crippen molar-refractivity contribution in [3.63, 3.8) is 0 Å². The first kappa shape index (κ1) is 9.70. The third kappa shape index (κ3) is 1.82. The summed E-state index contributed by atoms with van der Waals surface area (Å²) in [6, 6.07) is 7.14. The lowest BCUT2D eigenvalue weighted by molar-refractivity contribution is 0.565. The lowest BCUT2D eigenvalue weighted by atomic mass is 9.90. The second-order valence-corrected chi connectivity index (χ2v) is 4.39. The van der Waals surface area contributed by atoms with Gasteiger partial charge in [0.2, 0.25) is 0 Å². The van der Waals surface area contributed by atoms with Gasteiger partial charge >= 0.3 is 0 Å². The van der Waals surface area contributed by atoms with Crippen molar-refractivity contribution in [2.24, 2.45) is 0 Å². The topological polar surface area (TPSA) is 0 Å². The quantitative estimate of drug-likeness (QED) is 0.675. The number of benzene rings is 1. The van der Waals surface area contributed by atoms with Crippen LogP contribution in [0.15, 0.2) is 24.3 Å². The van der Waals surface area contributed by atoms with Gasteiger partial charge in [0.15, 0.2) is 0 Å². The fourth-order valence-electron chi connectivity index (χ4n) is 2.17. The summed E-state index contributed by atoms with van der Waals surface area (Å²) in [6.45, 7) is 2.21. The average Bonchev–Trinajstić information content (AvgIpc) is 2.96. The maximum atomic E-state index is 13.0. The van der Waals surface area contributed by atoms with Gasteiger partial charge in [0.1, 0.15) is 5.82 Å². The summed E-state index contributed by atoms with van der Waals surface area (Å²) in [5, 5.41) is 0. The summed E-state index contributed by atoms with van der Waals surface area (Å²) >= 11 is 0. The molecule has 0 bridgehead atoms. The van der Waals surface area contributed by atoms with E-state index in [-0.39, 0.29) is 5.82 Å². The highest BCUT2D eigenvalue weighted by Crippen LogP contribution is 2.51. The molecule has 0 aliphatic heterocycles. The zero-order chi connectivity index (χ0) is 10.0. The Morgan fingerprint density at radius 2 is 2.14 bits per heavy atom. The zero-order valence-corrected chi connectivity index (χ0v) is 8.72. The summed E-state index contributed by atoms with van der Waals surface area (Å²) in [4.78, 5) is 0. The van der Waals surface area contributed by atoms with Crippen LogP contribution in [0, 0.1) is 5.82 Å². The Hall–Kier alpha value is -0.850. The van der Waals surface area contributed by atoms with Crippen LogP contribution in [0.3, 0.4) is 0 Å². The highest BCUT2D eigenvalue weighted by Gasteiger charge is 2.43. The molecule has 1 aliphatic carbocycles. The van der Waals surface area contributed by atoms with Gasteiger partial charge in [0.25, 0.3) is 0 Å². The van der Waals surface area contributed by atoms with Crippen LogP contribution in [-0.4, -0.2) is 0 Å². The molecule has 0 amide bonds. The van der Waals surface area contributed by atoms with Gasteiger partial charge in [-0.2, -0.15) is 0 Å². The lowest BCUT2D eigenvalue weighted by Gasteiger charge is -2.14. The Balaban J connectivity index is 2.14. The molecule has 0 aromatic heterocycles. The zero-order valence-electron chi connectivity index (χ0n) is 8.72. The first-order valence-electron chi connectivity index (χ1n) is 5.53. The summed E-state index contributed by atoms with van der Waals surface area (Å²) in [6.07, 6.45) is 6.22. The SMILES string of the molecule is CCCCC1(c2cccc(F)c2)CC1. The van der Waals surface area contributed by atoms with Crippen molar-refractivity contribution >= 4 is 0 Å². The van der Waals surface area contributed by atoms with Gasteiger partial charge < -0.3 is 0 Å². The van der Waals surface area contributed by atoms with Gasteiger partial charge in [0, 0.05) is 0 Å². The molecular formula is C13H17F. The summed E-state index contributed by atoms with van der Waals surface area (Å²) in [5.41, 5.74) is 1.56. The van der Waals surface area contributed by atoms with Crippen molar-refractivity contribution in [2.75, 3.05) is 0 Å². The Morgan fingerprint density at radius 1 is 1.36 bits per heavy atom. The molecule has 76 valence electrons. The van der Waals surface area contributed by atoms with E-state index in [9.17, 15) is 4.39 Å². The molecule has 0 radical (unpaired) electrons. The minimum atomic E-state index is -0.0923. The van der Waals surface area contributed by atoms with E-state index in [0.717, 1.165) is 0 Å². The van der Waals surface area contributed by atoms with Crippen LogP contribution in [0.5, 0.6) is 0 Å². The molecule has 0 spiro atoms. The van der Waals surface area contributed by atoms with Crippen LogP contribution >= 0.6 is 0 Å². The molecule has 1 fully saturated rings. The van der Waals surface area contributed by atoms with Crippen molar-refractivity contribution in [3.8, 4) is 0 Å². The third-order valence-electron chi connectivity index (χ3n) is 3.30. The van der Waals surface area contributed by atoms with Crippen molar-refractivity contribution < 1.29 is 4.39 Å². The van der Waals surface area contributed by atoms with E-state index in [1.807, 2.05) is 6.07 Å². The number of unbranched alkanes of at least 4 members (excludes halogenated alkanes) is 1. The first-order valence-corrected chi connectivity index (χ1v) is 5.53. The van der Waals surface area contributed by atoms with Crippen LogP contribution in [0.4, 0.5) is 4.39 Å². The maximum absolute atomic E-state index is 13.0. The number of hydrogen-bond donors (Lipinski definition) is 0. The summed E-state index contributed by atoms with van der Waals surface area (Å²) in [5.74, 6) is -0.0923. The molecule has 2 rings (SSSR count). The van der Waals surface area contributed by atoms with E-state index in [0.29, 0.717) is 5.41 Å². The first-order chi connectivity index (χ1) is 6.77. The van der Waals surface area contributed by atoms with Crippen LogP contribution in [0.1, 0.15) is 44.6 Å². The van der Waals surface area contributed by atoms with Crippen LogP contribution < -0.4 is 0 Å². The largest absolute Gasteiger partial charge is 0.207 e. The Labute approximate surface area is 85.1 Å². The van der Waals surface area contributed by atoms with E-state index in [1.54, 1.807) is 6.07 Å². The van der Waals surface area contributed by atoms with E-state index in [2.05, 4.69) is 13.0 Å². The molecule has 14 heavy (non-hydrogen) atoms. The van der Waals surface area contributed by atoms with E-state index in [1.165, 1.54) is 43.7 Å². The minimum Gasteiger partial charge on any atom is -0.207 e. The van der Waals surface area contributed by atoms with Crippen molar-refractivity contribution in [2.45, 2.75) is 44.4 Å². The van der Waals surface area contributed by atoms with Crippen LogP contribution in [0.25, 0.3) is 0 Å². The van der Waals surface area contributed by atoms with Crippen molar-refractivity contribution in [1.29, 1.82) is 0 Å². The van der Waals surface area contributed by atoms with Gasteiger partial charge in [-0.15, -0.1) is 0 Å². The van der Waals surface area contributed by atoms with Crippen molar-refractivity contribution in [3.05, 3.63) is 35.6 Å². The van der Waals surface area contributed by atoms with E-state index >= 15 is 0 Å². The highest BCUT2D eigenvalue weighted by molar-refractivity contribution is 5.31. The van der Waals surface area contributed by atoms with Crippen molar-refractivity contribution in [1.82, 2.24) is 0 Å². The normalized spacial score (nSPS) is 18.1. The maximum Gasteiger partial charge on any atom is 0.123 e. The second kappa shape index (κ2) is 3.72. The third-order valence-corrected chi connectivity index (χ3v) is 3.30. The molecule has 0 unspecified atom stereocenters. The molecule has 0 N–H and O–H groups in total. The smallest absolute Gasteiger partial charge is 0.123 e. The summed E-state index contributed by atoms with van der Waals surface area (Å²) < 4.78 is 13.0. The molecule has 0 saturated heterocycles. The number of rotatable bonds is 4. The minimum absolute atomic E-state index is 0.0923. The van der Waals surface area contributed by atoms with Crippen LogP contribution in [0.2, 0.25) is 0 Å². The van der Waals surface area contributed by atoms with E-state index in [4.69, 9.17) is 0 Å². The molecule has 1 saturated carbocycles. The predicted octanol–water partition coefficient (Wildman–Crippen LogP) is 4.05. The van der Waals surface area contributed by atoms with Gasteiger partial charge in [-0.05, 0) is 42.4 Å². The monoisotopic (exact) mass is 192 g/mol.